The Hall–Kier alpha value is -0.850. The molecule has 1 amide bonds. The lowest BCUT2D eigenvalue weighted by atomic mass is 10.2. The molecule has 0 saturated carbocycles. The summed E-state index contributed by atoms with van der Waals surface area (Å²) in [4.78, 5) is 17.2. The van der Waals surface area contributed by atoms with E-state index in [1.807, 2.05) is 12.3 Å². The Morgan fingerprint density at radius 1 is 1.30 bits per heavy atom. The van der Waals surface area contributed by atoms with Gasteiger partial charge in [-0.25, -0.2) is 4.98 Å². The van der Waals surface area contributed by atoms with Crippen LogP contribution in [-0.4, -0.2) is 17.4 Å². The van der Waals surface area contributed by atoms with Crippen LogP contribution in [0.2, 0.25) is 15.1 Å². The number of benzene rings is 1. The largest absolute Gasteiger partial charge is 0.351 e. The number of carbonyl (C=O) groups is 1. The Balaban J connectivity index is 1.75. The molecule has 0 unspecified atom stereocenters. The molecule has 3 aromatic rings. The normalized spacial score (nSPS) is 11.1. The quantitative estimate of drug-likeness (QED) is 0.614. The van der Waals surface area contributed by atoms with E-state index in [9.17, 15) is 4.79 Å². The summed E-state index contributed by atoms with van der Waals surface area (Å²) in [6.45, 7) is 2.46. The summed E-state index contributed by atoms with van der Waals surface area (Å²) in [6, 6.07) is 3.38. The SMILES string of the molecule is Cc1nc(CCNC(=O)c2sc3cc(Cl)cc(Cl)c3c2Cl)cs1. The highest BCUT2D eigenvalue weighted by atomic mass is 35.5. The molecule has 0 atom stereocenters. The van der Waals surface area contributed by atoms with E-state index in [1.54, 1.807) is 23.5 Å². The van der Waals surface area contributed by atoms with Gasteiger partial charge in [0.15, 0.2) is 0 Å². The van der Waals surface area contributed by atoms with Crippen LogP contribution >= 0.6 is 57.5 Å². The predicted molar refractivity (Wildman–Crippen MR) is 99.7 cm³/mol. The van der Waals surface area contributed by atoms with Gasteiger partial charge in [-0.2, -0.15) is 0 Å². The number of amides is 1. The van der Waals surface area contributed by atoms with Crippen LogP contribution in [0.1, 0.15) is 20.4 Å². The minimum Gasteiger partial charge on any atom is -0.351 e. The van der Waals surface area contributed by atoms with Crippen molar-refractivity contribution in [1.82, 2.24) is 10.3 Å². The van der Waals surface area contributed by atoms with Crippen LogP contribution in [-0.2, 0) is 6.42 Å². The number of aryl methyl sites for hydroxylation is 1. The zero-order valence-electron chi connectivity index (χ0n) is 12.0. The molecule has 23 heavy (non-hydrogen) atoms. The van der Waals surface area contributed by atoms with Crippen molar-refractivity contribution >= 4 is 73.5 Å². The highest BCUT2D eigenvalue weighted by molar-refractivity contribution is 7.21. The molecule has 0 aliphatic heterocycles. The van der Waals surface area contributed by atoms with E-state index >= 15 is 0 Å². The van der Waals surface area contributed by atoms with Gasteiger partial charge in [0.1, 0.15) is 4.88 Å². The lowest BCUT2D eigenvalue weighted by molar-refractivity contribution is 0.0958. The van der Waals surface area contributed by atoms with Crippen molar-refractivity contribution < 1.29 is 4.79 Å². The van der Waals surface area contributed by atoms with E-state index in [2.05, 4.69) is 10.3 Å². The zero-order valence-corrected chi connectivity index (χ0v) is 15.9. The van der Waals surface area contributed by atoms with Gasteiger partial charge in [-0.15, -0.1) is 22.7 Å². The smallest absolute Gasteiger partial charge is 0.262 e. The summed E-state index contributed by atoms with van der Waals surface area (Å²) in [5, 5.41) is 7.89. The van der Waals surface area contributed by atoms with Crippen molar-refractivity contribution in [3.05, 3.63) is 48.2 Å². The van der Waals surface area contributed by atoms with Crippen molar-refractivity contribution in [2.75, 3.05) is 6.54 Å². The lowest BCUT2D eigenvalue weighted by Gasteiger charge is -2.02. The molecule has 0 radical (unpaired) electrons. The van der Waals surface area contributed by atoms with Crippen LogP contribution in [0, 0.1) is 6.92 Å². The van der Waals surface area contributed by atoms with Crippen LogP contribution in [0.3, 0.4) is 0 Å². The Kier molecular flexibility index (Phi) is 5.13. The minimum absolute atomic E-state index is 0.213. The second kappa shape index (κ2) is 6.95. The standard InChI is InChI=1S/C15H11Cl3N2OS2/c1-7-20-9(6-22-7)2-3-19-15(21)14-13(18)12-10(17)4-8(16)5-11(12)23-14/h4-6H,2-3H2,1H3,(H,19,21). The average molecular weight is 406 g/mol. The molecular weight excluding hydrogens is 395 g/mol. The first kappa shape index (κ1) is 17.0. The number of aromatic nitrogens is 1. The van der Waals surface area contributed by atoms with Gasteiger partial charge in [0.2, 0.25) is 0 Å². The number of rotatable bonds is 4. The van der Waals surface area contributed by atoms with E-state index in [0.717, 1.165) is 15.4 Å². The Morgan fingerprint density at radius 3 is 2.78 bits per heavy atom. The molecule has 3 nitrogen and oxygen atoms in total. The molecular formula is C15H11Cl3N2OS2. The van der Waals surface area contributed by atoms with Gasteiger partial charge in [-0.05, 0) is 19.1 Å². The summed E-state index contributed by atoms with van der Waals surface area (Å²) in [6.07, 6.45) is 0.686. The third-order valence-electron chi connectivity index (χ3n) is 3.19. The van der Waals surface area contributed by atoms with Crippen LogP contribution in [0.5, 0.6) is 0 Å². The Labute approximate surface area is 156 Å². The molecule has 0 aliphatic rings. The lowest BCUT2D eigenvalue weighted by Crippen LogP contribution is -2.25. The fourth-order valence-electron chi connectivity index (χ4n) is 2.17. The van der Waals surface area contributed by atoms with Gasteiger partial charge in [0.05, 0.1) is 20.7 Å². The zero-order chi connectivity index (χ0) is 16.6. The molecule has 3 rings (SSSR count). The molecule has 1 N–H and O–H groups in total. The van der Waals surface area contributed by atoms with Crippen LogP contribution in [0.4, 0.5) is 0 Å². The highest BCUT2D eigenvalue weighted by Gasteiger charge is 2.19. The fraction of sp³-hybridized carbons (Fsp3) is 0.200. The molecule has 2 aromatic heterocycles. The molecule has 2 heterocycles. The number of nitrogens with one attached hydrogen (secondary N) is 1. The molecule has 120 valence electrons. The predicted octanol–water partition coefficient (Wildman–Crippen LogP) is 5.60. The molecule has 0 aliphatic carbocycles. The first-order valence-corrected chi connectivity index (χ1v) is 9.55. The van der Waals surface area contributed by atoms with Crippen molar-refractivity contribution in [2.45, 2.75) is 13.3 Å². The number of thiophene rings is 1. The fourth-order valence-corrected chi connectivity index (χ4v) is 5.11. The number of hydrogen-bond donors (Lipinski definition) is 1. The van der Waals surface area contributed by atoms with Crippen molar-refractivity contribution in [2.24, 2.45) is 0 Å². The van der Waals surface area contributed by atoms with Gasteiger partial charge >= 0.3 is 0 Å². The Morgan fingerprint density at radius 2 is 2.09 bits per heavy atom. The monoisotopic (exact) mass is 404 g/mol. The van der Waals surface area contributed by atoms with E-state index in [0.29, 0.717) is 38.3 Å². The first-order valence-electron chi connectivity index (χ1n) is 6.72. The number of fused-ring (bicyclic) bond motifs is 1. The van der Waals surface area contributed by atoms with Crippen molar-refractivity contribution in [3.63, 3.8) is 0 Å². The third-order valence-corrected chi connectivity index (χ3v) is 6.15. The summed E-state index contributed by atoms with van der Waals surface area (Å²) < 4.78 is 0.799. The van der Waals surface area contributed by atoms with E-state index in [1.165, 1.54) is 11.3 Å². The van der Waals surface area contributed by atoms with Crippen LogP contribution in [0.15, 0.2) is 17.5 Å². The molecule has 0 bridgehead atoms. The molecule has 1 aromatic carbocycles. The van der Waals surface area contributed by atoms with Crippen LogP contribution in [0.25, 0.3) is 10.1 Å². The van der Waals surface area contributed by atoms with Gasteiger partial charge < -0.3 is 5.32 Å². The summed E-state index contributed by atoms with van der Waals surface area (Å²) >= 11 is 21.4. The number of halogens is 3. The second-order valence-corrected chi connectivity index (χ2v) is 8.21. The van der Waals surface area contributed by atoms with Crippen LogP contribution < -0.4 is 5.32 Å². The number of carbonyl (C=O) groups excluding carboxylic acids is 1. The number of hydrogen-bond acceptors (Lipinski definition) is 4. The summed E-state index contributed by atoms with van der Waals surface area (Å²) in [5.41, 5.74) is 0.977. The highest BCUT2D eigenvalue weighted by Crippen LogP contribution is 2.41. The Bertz CT molecular complexity index is 888. The summed E-state index contributed by atoms with van der Waals surface area (Å²) in [7, 11) is 0. The molecule has 0 fully saturated rings. The second-order valence-electron chi connectivity index (χ2n) is 4.87. The van der Waals surface area contributed by atoms with E-state index in [4.69, 9.17) is 34.8 Å². The minimum atomic E-state index is -0.213. The molecule has 8 heteroatoms. The maximum Gasteiger partial charge on any atom is 0.262 e. The van der Waals surface area contributed by atoms with Gasteiger partial charge in [0.25, 0.3) is 5.91 Å². The van der Waals surface area contributed by atoms with Crippen molar-refractivity contribution in [3.8, 4) is 0 Å². The summed E-state index contributed by atoms with van der Waals surface area (Å²) in [5.74, 6) is -0.213. The third kappa shape index (κ3) is 3.64. The maximum atomic E-state index is 12.3. The van der Waals surface area contributed by atoms with E-state index < -0.39 is 0 Å². The van der Waals surface area contributed by atoms with Gasteiger partial charge in [0, 0.05) is 33.5 Å². The van der Waals surface area contributed by atoms with Gasteiger partial charge in [-0.1, -0.05) is 34.8 Å². The van der Waals surface area contributed by atoms with Gasteiger partial charge in [-0.3, -0.25) is 4.79 Å². The number of thiazole rings is 1. The van der Waals surface area contributed by atoms with Crippen molar-refractivity contribution in [1.29, 1.82) is 0 Å². The first-order chi connectivity index (χ1) is 11.0. The topological polar surface area (TPSA) is 42.0 Å². The average Bonchev–Trinajstić information content (AvgIpc) is 3.02. The number of nitrogens with zero attached hydrogens (tertiary/aromatic N) is 1. The van der Waals surface area contributed by atoms with E-state index in [-0.39, 0.29) is 5.91 Å². The molecule has 0 saturated heterocycles. The maximum absolute atomic E-state index is 12.3. The molecule has 0 spiro atoms.